The number of nitrogens with zero attached hydrogens (tertiary/aromatic N) is 1. The van der Waals surface area contributed by atoms with Crippen molar-refractivity contribution in [2.75, 3.05) is 6.61 Å². The third kappa shape index (κ3) is 4.25. The van der Waals surface area contributed by atoms with Crippen LogP contribution in [0.3, 0.4) is 0 Å². The Morgan fingerprint density at radius 2 is 2.28 bits per heavy atom. The van der Waals surface area contributed by atoms with Crippen LogP contribution < -0.4 is 5.32 Å². The number of benzene rings is 1. The molecule has 1 aromatic rings. The lowest BCUT2D eigenvalue weighted by Gasteiger charge is -2.16. The van der Waals surface area contributed by atoms with E-state index in [1.165, 1.54) is 18.2 Å². The second kappa shape index (κ2) is 7.31. The van der Waals surface area contributed by atoms with Gasteiger partial charge in [0.1, 0.15) is 0 Å². The molecule has 1 rings (SSSR count). The number of hydrogen-bond acceptors (Lipinski definition) is 4. The maximum atomic E-state index is 10.7. The second-order valence-electron chi connectivity index (χ2n) is 4.03. The van der Waals surface area contributed by atoms with Gasteiger partial charge in [-0.05, 0) is 24.5 Å². The first-order chi connectivity index (χ1) is 8.58. The molecule has 6 heteroatoms. The van der Waals surface area contributed by atoms with Crippen LogP contribution in [0.4, 0.5) is 5.69 Å². The Morgan fingerprint density at radius 1 is 1.56 bits per heavy atom. The van der Waals surface area contributed by atoms with Crippen LogP contribution in [0.5, 0.6) is 0 Å². The van der Waals surface area contributed by atoms with E-state index in [0.717, 1.165) is 6.42 Å². The summed E-state index contributed by atoms with van der Waals surface area (Å²) in [6.45, 7) is 2.59. The van der Waals surface area contributed by atoms with Crippen molar-refractivity contribution < 1.29 is 10.0 Å². The number of nitro groups is 1. The van der Waals surface area contributed by atoms with E-state index in [1.807, 2.05) is 6.92 Å². The summed E-state index contributed by atoms with van der Waals surface area (Å²) >= 11 is 5.99. The van der Waals surface area contributed by atoms with Crippen LogP contribution in [0.1, 0.15) is 25.3 Å². The number of rotatable bonds is 7. The normalized spacial score (nSPS) is 12.4. The van der Waals surface area contributed by atoms with E-state index in [-0.39, 0.29) is 18.3 Å². The van der Waals surface area contributed by atoms with Gasteiger partial charge < -0.3 is 10.4 Å². The number of non-ortho nitro benzene ring substituents is 1. The third-order valence-corrected chi connectivity index (χ3v) is 3.16. The molecule has 0 aliphatic heterocycles. The highest BCUT2D eigenvalue weighted by atomic mass is 35.5. The summed E-state index contributed by atoms with van der Waals surface area (Å²) in [5.74, 6) is 0. The zero-order valence-electron chi connectivity index (χ0n) is 10.2. The quantitative estimate of drug-likeness (QED) is 0.591. The molecule has 0 amide bonds. The lowest BCUT2D eigenvalue weighted by atomic mass is 10.1. The van der Waals surface area contributed by atoms with Crippen LogP contribution >= 0.6 is 11.6 Å². The van der Waals surface area contributed by atoms with Gasteiger partial charge in [-0.1, -0.05) is 18.5 Å². The Kier molecular flexibility index (Phi) is 6.04. The Morgan fingerprint density at radius 3 is 2.83 bits per heavy atom. The average molecular weight is 273 g/mol. The average Bonchev–Trinajstić information content (AvgIpc) is 2.35. The maximum absolute atomic E-state index is 10.7. The molecule has 0 bridgehead atoms. The molecule has 0 saturated heterocycles. The fraction of sp³-hybridized carbons (Fsp3) is 0.500. The Balaban J connectivity index is 2.71. The maximum Gasteiger partial charge on any atom is 0.269 e. The highest BCUT2D eigenvalue weighted by Crippen LogP contribution is 2.22. The van der Waals surface area contributed by atoms with Crippen molar-refractivity contribution in [1.29, 1.82) is 0 Å². The monoisotopic (exact) mass is 272 g/mol. The minimum Gasteiger partial charge on any atom is -0.396 e. The zero-order chi connectivity index (χ0) is 13.5. The molecule has 1 atom stereocenters. The lowest BCUT2D eigenvalue weighted by Crippen LogP contribution is -2.28. The predicted octanol–water partition coefficient (Wildman–Crippen LogP) is 2.50. The summed E-state index contributed by atoms with van der Waals surface area (Å²) in [6.07, 6.45) is 1.54. The Labute approximate surface area is 111 Å². The molecule has 2 N–H and O–H groups in total. The molecule has 5 nitrogen and oxygen atoms in total. The van der Waals surface area contributed by atoms with Gasteiger partial charge in [-0.15, -0.1) is 0 Å². The van der Waals surface area contributed by atoms with E-state index in [9.17, 15) is 10.1 Å². The number of nitro benzene ring substituents is 1. The molecule has 0 radical (unpaired) electrons. The van der Waals surface area contributed by atoms with Crippen molar-refractivity contribution in [3.8, 4) is 0 Å². The van der Waals surface area contributed by atoms with Gasteiger partial charge in [0.05, 0.1) is 4.92 Å². The van der Waals surface area contributed by atoms with E-state index in [4.69, 9.17) is 16.7 Å². The Hall–Kier alpha value is -1.17. The molecule has 100 valence electrons. The zero-order valence-corrected chi connectivity index (χ0v) is 11.0. The SMILES string of the molecule is CCC(CCO)NCc1cc([N+](=O)[O-])ccc1Cl. The van der Waals surface area contributed by atoms with Crippen LogP contribution in [-0.2, 0) is 6.54 Å². The van der Waals surface area contributed by atoms with Gasteiger partial charge in [-0.2, -0.15) is 0 Å². The van der Waals surface area contributed by atoms with E-state index < -0.39 is 4.92 Å². The van der Waals surface area contributed by atoms with Crippen molar-refractivity contribution in [2.24, 2.45) is 0 Å². The van der Waals surface area contributed by atoms with Gasteiger partial charge in [-0.25, -0.2) is 0 Å². The number of aliphatic hydroxyl groups is 1. The van der Waals surface area contributed by atoms with Crippen molar-refractivity contribution in [3.05, 3.63) is 38.9 Å². The van der Waals surface area contributed by atoms with Gasteiger partial charge >= 0.3 is 0 Å². The summed E-state index contributed by atoms with van der Waals surface area (Å²) in [4.78, 5) is 10.2. The molecule has 0 heterocycles. The van der Waals surface area contributed by atoms with E-state index in [1.54, 1.807) is 0 Å². The predicted molar refractivity (Wildman–Crippen MR) is 70.7 cm³/mol. The topological polar surface area (TPSA) is 75.4 Å². The number of halogens is 1. The lowest BCUT2D eigenvalue weighted by molar-refractivity contribution is -0.384. The third-order valence-electron chi connectivity index (χ3n) is 2.79. The molecule has 1 aromatic carbocycles. The van der Waals surface area contributed by atoms with Crippen LogP contribution in [0, 0.1) is 10.1 Å². The fourth-order valence-electron chi connectivity index (χ4n) is 1.67. The number of hydrogen-bond donors (Lipinski definition) is 2. The van der Waals surface area contributed by atoms with Crippen LogP contribution in [0.15, 0.2) is 18.2 Å². The largest absolute Gasteiger partial charge is 0.396 e. The van der Waals surface area contributed by atoms with Crippen LogP contribution in [-0.4, -0.2) is 22.7 Å². The van der Waals surface area contributed by atoms with Crippen molar-refractivity contribution in [1.82, 2.24) is 5.32 Å². The van der Waals surface area contributed by atoms with Crippen LogP contribution in [0.25, 0.3) is 0 Å². The highest BCUT2D eigenvalue weighted by Gasteiger charge is 2.11. The molecular weight excluding hydrogens is 256 g/mol. The van der Waals surface area contributed by atoms with Crippen molar-refractivity contribution >= 4 is 17.3 Å². The summed E-state index contributed by atoms with van der Waals surface area (Å²) in [7, 11) is 0. The molecule has 18 heavy (non-hydrogen) atoms. The summed E-state index contributed by atoms with van der Waals surface area (Å²) in [6, 6.07) is 4.58. The summed E-state index contributed by atoms with van der Waals surface area (Å²) in [5.41, 5.74) is 0.730. The van der Waals surface area contributed by atoms with E-state index in [2.05, 4.69) is 5.32 Å². The standard InChI is InChI=1S/C12H17ClN2O3/c1-2-10(5-6-16)14-8-9-7-11(15(17)18)3-4-12(9)13/h3-4,7,10,14,16H,2,5-6,8H2,1H3. The molecule has 0 aliphatic carbocycles. The molecule has 1 unspecified atom stereocenters. The van der Waals surface area contributed by atoms with E-state index in [0.29, 0.717) is 23.6 Å². The minimum absolute atomic E-state index is 0.0337. The van der Waals surface area contributed by atoms with Crippen molar-refractivity contribution in [2.45, 2.75) is 32.4 Å². The molecule has 0 fully saturated rings. The molecule has 0 aromatic heterocycles. The number of nitrogens with one attached hydrogen (secondary N) is 1. The second-order valence-corrected chi connectivity index (χ2v) is 4.44. The Bertz CT molecular complexity index is 412. The summed E-state index contributed by atoms with van der Waals surface area (Å²) < 4.78 is 0. The highest BCUT2D eigenvalue weighted by molar-refractivity contribution is 6.31. The number of aliphatic hydroxyl groups excluding tert-OH is 1. The first-order valence-electron chi connectivity index (χ1n) is 5.85. The van der Waals surface area contributed by atoms with Gasteiger partial charge in [-0.3, -0.25) is 10.1 Å². The van der Waals surface area contributed by atoms with Gasteiger partial charge in [0.25, 0.3) is 5.69 Å². The van der Waals surface area contributed by atoms with Gasteiger partial charge in [0.2, 0.25) is 0 Å². The van der Waals surface area contributed by atoms with Crippen molar-refractivity contribution in [3.63, 3.8) is 0 Å². The fourth-order valence-corrected chi connectivity index (χ4v) is 1.86. The van der Waals surface area contributed by atoms with Gasteiger partial charge in [0.15, 0.2) is 0 Å². The molecule has 0 spiro atoms. The molecule has 0 saturated carbocycles. The smallest absolute Gasteiger partial charge is 0.269 e. The first-order valence-corrected chi connectivity index (χ1v) is 6.23. The van der Waals surface area contributed by atoms with Gasteiger partial charge in [0, 0.05) is 36.3 Å². The molecular formula is C12H17ClN2O3. The van der Waals surface area contributed by atoms with E-state index >= 15 is 0 Å². The first kappa shape index (κ1) is 14.9. The molecule has 0 aliphatic rings. The minimum atomic E-state index is -0.440. The summed E-state index contributed by atoms with van der Waals surface area (Å²) in [5, 5.41) is 23.3. The van der Waals surface area contributed by atoms with Crippen LogP contribution in [0.2, 0.25) is 5.02 Å².